The number of nitrogens with one attached hydrogen (secondary N) is 2. The van der Waals surface area contributed by atoms with Gasteiger partial charge in [-0.15, -0.1) is 34.2 Å². The first kappa shape index (κ1) is 23.5. The number of benzene rings is 3. The van der Waals surface area contributed by atoms with Crippen LogP contribution in [0.25, 0.3) is 5.69 Å². The van der Waals surface area contributed by atoms with E-state index in [0.29, 0.717) is 6.54 Å². The maximum atomic E-state index is 4.39. The summed E-state index contributed by atoms with van der Waals surface area (Å²) >= 11 is 0. The molecule has 0 fully saturated rings. The van der Waals surface area contributed by atoms with E-state index in [2.05, 4.69) is 74.4 Å². The van der Waals surface area contributed by atoms with E-state index in [0.717, 1.165) is 24.0 Å². The number of nitrogens with zero attached hydrogens (tertiary/aromatic N) is 4. The van der Waals surface area contributed by atoms with Crippen LogP contribution in [0.4, 0.5) is 0 Å². The lowest BCUT2D eigenvalue weighted by atomic mass is 9.91. The fraction of sp³-hybridized carbons (Fsp3) is 0.160. The van der Waals surface area contributed by atoms with Crippen molar-refractivity contribution in [3.05, 3.63) is 114 Å². The van der Waals surface area contributed by atoms with Crippen LogP contribution < -0.4 is 10.6 Å². The Kier molecular flexibility index (Phi) is 8.79. The van der Waals surface area contributed by atoms with E-state index in [4.69, 9.17) is 0 Å². The Morgan fingerprint density at radius 1 is 0.844 bits per heavy atom. The predicted molar refractivity (Wildman–Crippen MR) is 140 cm³/mol. The lowest BCUT2D eigenvalue weighted by molar-refractivity contribution is 0.713. The Labute approximate surface area is 205 Å². The number of aromatic nitrogens is 3. The normalized spacial score (nSPS) is 11.1. The first-order valence-electron chi connectivity index (χ1n) is 10.3. The van der Waals surface area contributed by atoms with Gasteiger partial charge in [-0.25, -0.2) is 0 Å². The van der Waals surface area contributed by atoms with Crippen LogP contribution in [0.1, 0.15) is 22.9 Å². The highest BCUT2D eigenvalue weighted by molar-refractivity contribution is 14.0. The molecule has 0 spiro atoms. The molecular formula is C25H27IN6. The quantitative estimate of drug-likeness (QED) is 0.208. The van der Waals surface area contributed by atoms with Crippen molar-refractivity contribution >= 4 is 29.9 Å². The molecule has 0 amide bonds. The van der Waals surface area contributed by atoms with Gasteiger partial charge in [0, 0.05) is 25.2 Å². The molecule has 1 aromatic heterocycles. The summed E-state index contributed by atoms with van der Waals surface area (Å²) in [5, 5.41) is 15.2. The minimum absolute atomic E-state index is 0. The molecule has 0 saturated heterocycles. The molecule has 0 aliphatic rings. The van der Waals surface area contributed by atoms with Crippen molar-refractivity contribution in [2.75, 3.05) is 13.6 Å². The molecule has 0 bridgehead atoms. The molecule has 0 atom stereocenters. The fourth-order valence-electron chi connectivity index (χ4n) is 3.56. The van der Waals surface area contributed by atoms with Gasteiger partial charge in [-0.3, -0.25) is 9.56 Å². The largest absolute Gasteiger partial charge is 0.355 e. The predicted octanol–water partition coefficient (Wildman–Crippen LogP) is 4.38. The zero-order chi connectivity index (χ0) is 21.3. The number of hydrogen-bond acceptors (Lipinski definition) is 3. The summed E-state index contributed by atoms with van der Waals surface area (Å²) in [6.45, 7) is 1.23. The van der Waals surface area contributed by atoms with Gasteiger partial charge >= 0.3 is 0 Å². The average molecular weight is 538 g/mol. The molecular weight excluding hydrogens is 511 g/mol. The molecule has 2 N–H and O–H groups in total. The zero-order valence-corrected chi connectivity index (χ0v) is 20.3. The van der Waals surface area contributed by atoms with E-state index in [1.54, 1.807) is 13.4 Å². The first-order chi connectivity index (χ1) is 15.3. The van der Waals surface area contributed by atoms with Crippen LogP contribution >= 0.6 is 24.0 Å². The fourth-order valence-corrected chi connectivity index (χ4v) is 3.56. The van der Waals surface area contributed by atoms with Crippen molar-refractivity contribution in [2.24, 2.45) is 4.99 Å². The minimum Gasteiger partial charge on any atom is -0.355 e. The van der Waals surface area contributed by atoms with Crippen LogP contribution in [-0.2, 0) is 6.54 Å². The van der Waals surface area contributed by atoms with E-state index in [-0.39, 0.29) is 29.9 Å². The summed E-state index contributed by atoms with van der Waals surface area (Å²) < 4.78 is 1.97. The van der Waals surface area contributed by atoms with Crippen LogP contribution in [0.15, 0.2) is 102 Å². The molecule has 7 heteroatoms. The summed E-state index contributed by atoms with van der Waals surface area (Å²) in [6, 6.07) is 31.1. The zero-order valence-electron chi connectivity index (χ0n) is 17.9. The topological polar surface area (TPSA) is 67.1 Å². The molecule has 1 heterocycles. The number of para-hydroxylation sites is 1. The molecule has 3 aromatic carbocycles. The van der Waals surface area contributed by atoms with Crippen molar-refractivity contribution in [1.82, 2.24) is 25.4 Å². The number of hydrogen-bond donors (Lipinski definition) is 2. The van der Waals surface area contributed by atoms with E-state index in [1.807, 2.05) is 47.0 Å². The second kappa shape index (κ2) is 12.0. The molecule has 4 aromatic rings. The van der Waals surface area contributed by atoms with Gasteiger partial charge in [0.05, 0.1) is 6.54 Å². The highest BCUT2D eigenvalue weighted by atomic mass is 127. The molecule has 0 aliphatic heterocycles. The maximum absolute atomic E-state index is 4.39. The third-order valence-electron chi connectivity index (χ3n) is 5.17. The molecule has 0 saturated carbocycles. The summed E-state index contributed by atoms with van der Waals surface area (Å²) in [5.41, 5.74) is 3.56. The number of guanidine groups is 1. The summed E-state index contributed by atoms with van der Waals surface area (Å²) in [4.78, 5) is 4.39. The summed E-state index contributed by atoms with van der Waals surface area (Å²) in [7, 11) is 1.78. The third kappa shape index (κ3) is 5.94. The van der Waals surface area contributed by atoms with Crippen LogP contribution in [0.5, 0.6) is 0 Å². The number of rotatable bonds is 7. The van der Waals surface area contributed by atoms with Gasteiger partial charge in [0.1, 0.15) is 6.33 Å². The molecule has 0 radical (unpaired) electrons. The molecule has 6 nitrogen and oxygen atoms in total. The van der Waals surface area contributed by atoms with Gasteiger partial charge in [-0.05, 0) is 23.3 Å². The van der Waals surface area contributed by atoms with E-state index >= 15 is 0 Å². The Morgan fingerprint density at radius 2 is 1.41 bits per heavy atom. The number of aliphatic imine (C=N–C) groups is 1. The number of halogens is 1. The highest BCUT2D eigenvalue weighted by Crippen LogP contribution is 2.23. The van der Waals surface area contributed by atoms with Gasteiger partial charge in [0.15, 0.2) is 11.8 Å². The van der Waals surface area contributed by atoms with Gasteiger partial charge in [-0.1, -0.05) is 78.9 Å². The Hall–Kier alpha value is -3.20. The Morgan fingerprint density at radius 3 is 1.97 bits per heavy atom. The van der Waals surface area contributed by atoms with Crippen molar-refractivity contribution < 1.29 is 0 Å². The lowest BCUT2D eigenvalue weighted by Crippen LogP contribution is -2.39. The van der Waals surface area contributed by atoms with Crippen molar-refractivity contribution in [2.45, 2.75) is 12.5 Å². The molecule has 32 heavy (non-hydrogen) atoms. The minimum atomic E-state index is 0. The molecule has 4 rings (SSSR count). The highest BCUT2D eigenvalue weighted by Gasteiger charge is 2.15. The van der Waals surface area contributed by atoms with Crippen LogP contribution in [0, 0.1) is 0 Å². The lowest BCUT2D eigenvalue weighted by Gasteiger charge is -2.20. The van der Waals surface area contributed by atoms with Gasteiger partial charge in [-0.2, -0.15) is 0 Å². The molecule has 0 aliphatic carbocycles. The van der Waals surface area contributed by atoms with E-state index in [9.17, 15) is 0 Å². The Balaban J connectivity index is 0.00000289. The first-order valence-corrected chi connectivity index (χ1v) is 10.3. The summed E-state index contributed by atoms with van der Waals surface area (Å²) in [5.74, 6) is 1.75. The maximum Gasteiger partial charge on any atom is 0.191 e. The van der Waals surface area contributed by atoms with E-state index in [1.165, 1.54) is 11.1 Å². The van der Waals surface area contributed by atoms with Crippen molar-refractivity contribution in [3.63, 3.8) is 0 Å². The monoisotopic (exact) mass is 538 g/mol. The second-order valence-corrected chi connectivity index (χ2v) is 7.13. The van der Waals surface area contributed by atoms with Gasteiger partial charge < -0.3 is 10.6 Å². The second-order valence-electron chi connectivity index (χ2n) is 7.13. The molecule has 0 unspecified atom stereocenters. The van der Waals surface area contributed by atoms with Crippen LogP contribution in [-0.4, -0.2) is 34.3 Å². The molecule has 164 valence electrons. The Bertz CT molecular complexity index is 1060. The average Bonchev–Trinajstić information content (AvgIpc) is 3.32. The SMILES string of the molecule is CN=C(NCc1nncn1-c1ccccc1)NCC(c1ccccc1)c1ccccc1.I. The van der Waals surface area contributed by atoms with Crippen molar-refractivity contribution in [3.8, 4) is 5.69 Å². The van der Waals surface area contributed by atoms with Crippen LogP contribution in [0.3, 0.4) is 0 Å². The van der Waals surface area contributed by atoms with Gasteiger partial charge in [0.2, 0.25) is 0 Å². The smallest absolute Gasteiger partial charge is 0.191 e. The standard InChI is InChI=1S/C25H26N6.HI/c1-26-25(28-18-24-30-29-19-31(24)22-15-9-4-10-16-22)27-17-23(20-11-5-2-6-12-20)21-13-7-3-8-14-21;/h2-16,19,23H,17-18H2,1H3,(H2,26,27,28);1H. The van der Waals surface area contributed by atoms with Gasteiger partial charge in [0.25, 0.3) is 0 Å². The van der Waals surface area contributed by atoms with Crippen LogP contribution in [0.2, 0.25) is 0 Å². The van der Waals surface area contributed by atoms with E-state index < -0.39 is 0 Å². The summed E-state index contributed by atoms with van der Waals surface area (Å²) in [6.07, 6.45) is 1.73. The third-order valence-corrected chi connectivity index (χ3v) is 5.17. The van der Waals surface area contributed by atoms with Crippen molar-refractivity contribution in [1.29, 1.82) is 0 Å².